The van der Waals surface area contributed by atoms with Crippen LogP contribution in [-0.2, 0) is 21.0 Å². The fraction of sp³-hybridized carbons (Fsp3) is 0.364. The average Bonchev–Trinajstić information content (AvgIpc) is 3.45. The highest BCUT2D eigenvalue weighted by Gasteiger charge is 2.37. The monoisotopic (exact) mass is 556 g/mol. The van der Waals surface area contributed by atoms with Crippen LogP contribution in [0.5, 0.6) is 5.75 Å². The molecule has 1 aliphatic rings. The summed E-state index contributed by atoms with van der Waals surface area (Å²) in [4.78, 5) is 21.2. The second-order valence-electron chi connectivity index (χ2n) is 8.38. The number of nitrogens with zero attached hydrogens (tertiary/aromatic N) is 4. The quantitative estimate of drug-likeness (QED) is 0.314. The van der Waals surface area contributed by atoms with E-state index >= 15 is 0 Å². The number of anilines is 1. The Morgan fingerprint density at radius 3 is 2.63 bits per heavy atom. The van der Waals surface area contributed by atoms with Gasteiger partial charge in [-0.15, -0.1) is 13.2 Å². The Balaban J connectivity index is 1.42. The number of hydrogen-bond donors (Lipinski definition) is 3. The zero-order valence-corrected chi connectivity index (χ0v) is 20.6. The predicted molar refractivity (Wildman–Crippen MR) is 125 cm³/mol. The van der Waals surface area contributed by atoms with E-state index in [1.54, 1.807) is 6.20 Å². The summed E-state index contributed by atoms with van der Waals surface area (Å²) >= 11 is 0. The van der Waals surface area contributed by atoms with Crippen LogP contribution in [-0.4, -0.2) is 70.7 Å². The summed E-state index contributed by atoms with van der Waals surface area (Å²) < 4.78 is 72.6. The number of ketones is 1. The molecule has 1 aliphatic carbocycles. The second-order valence-corrected chi connectivity index (χ2v) is 9.89. The minimum absolute atomic E-state index is 0.0765. The molecule has 1 aromatic carbocycles. The summed E-state index contributed by atoms with van der Waals surface area (Å²) in [6.07, 6.45) is -2.44. The van der Waals surface area contributed by atoms with E-state index in [2.05, 4.69) is 25.1 Å². The van der Waals surface area contributed by atoms with Gasteiger partial charge in [-0.2, -0.15) is 18.2 Å². The van der Waals surface area contributed by atoms with Gasteiger partial charge < -0.3 is 15.2 Å². The third-order valence-corrected chi connectivity index (χ3v) is 6.65. The maximum Gasteiger partial charge on any atom is 0.573 e. The van der Waals surface area contributed by atoms with Gasteiger partial charge in [-0.1, -0.05) is 12.1 Å². The molecule has 4 rings (SSSR count). The Bertz CT molecular complexity index is 1380. The average molecular weight is 557 g/mol. The first-order valence-corrected chi connectivity index (χ1v) is 12.6. The SMILES string of the molecule is CNS(=O)(=O)O[C@@H]1C[C@H](Nc2ncncc2C(=O)c2ccn(Cc3ccc(OC(F)(F)F)cc3)n2)C[C@@H]1O. The Hall–Kier alpha value is -3.60. The van der Waals surface area contributed by atoms with Crippen LogP contribution in [0.4, 0.5) is 19.0 Å². The van der Waals surface area contributed by atoms with E-state index in [0.717, 1.165) is 0 Å². The van der Waals surface area contributed by atoms with Crippen LogP contribution in [0.2, 0.25) is 0 Å². The molecule has 3 atom stereocenters. The van der Waals surface area contributed by atoms with Gasteiger partial charge in [0.05, 0.1) is 18.2 Å². The second kappa shape index (κ2) is 11.0. The minimum Gasteiger partial charge on any atom is -0.406 e. The van der Waals surface area contributed by atoms with Crippen molar-refractivity contribution < 1.29 is 40.4 Å². The molecule has 204 valence electrons. The van der Waals surface area contributed by atoms with Crippen molar-refractivity contribution in [3.8, 4) is 5.75 Å². The smallest absolute Gasteiger partial charge is 0.406 e. The lowest BCUT2D eigenvalue weighted by Crippen LogP contribution is -2.31. The number of aliphatic hydroxyl groups is 1. The van der Waals surface area contributed by atoms with Gasteiger partial charge in [-0.25, -0.2) is 9.97 Å². The molecule has 38 heavy (non-hydrogen) atoms. The number of aromatic nitrogens is 4. The van der Waals surface area contributed by atoms with E-state index in [1.165, 1.54) is 54.6 Å². The van der Waals surface area contributed by atoms with Crippen LogP contribution in [0.15, 0.2) is 49.1 Å². The third-order valence-electron chi connectivity index (χ3n) is 5.64. The minimum atomic E-state index is -4.78. The van der Waals surface area contributed by atoms with Crippen molar-refractivity contribution in [1.29, 1.82) is 0 Å². The van der Waals surface area contributed by atoms with Gasteiger partial charge in [0.15, 0.2) is 0 Å². The molecule has 0 spiro atoms. The number of carbonyl (C=O) groups is 1. The van der Waals surface area contributed by atoms with Crippen LogP contribution in [0.3, 0.4) is 0 Å². The molecule has 2 aromatic heterocycles. The molecule has 16 heteroatoms. The summed E-state index contributed by atoms with van der Waals surface area (Å²) in [6.45, 7) is 0.187. The van der Waals surface area contributed by atoms with Gasteiger partial charge in [0.1, 0.15) is 29.7 Å². The lowest BCUT2D eigenvalue weighted by Gasteiger charge is -2.15. The molecular formula is C22H23F3N6O6S. The molecule has 0 radical (unpaired) electrons. The zero-order chi connectivity index (χ0) is 27.5. The van der Waals surface area contributed by atoms with Crippen molar-refractivity contribution in [3.05, 3.63) is 65.9 Å². The van der Waals surface area contributed by atoms with E-state index in [4.69, 9.17) is 4.18 Å². The summed E-state index contributed by atoms with van der Waals surface area (Å²) in [6, 6.07) is 6.30. The van der Waals surface area contributed by atoms with Crippen LogP contribution in [0.1, 0.15) is 34.5 Å². The first kappa shape index (κ1) is 27.4. The highest BCUT2D eigenvalue weighted by atomic mass is 32.2. The number of aliphatic hydroxyl groups excluding tert-OH is 1. The number of hydrogen-bond acceptors (Lipinski definition) is 10. The van der Waals surface area contributed by atoms with E-state index in [9.17, 15) is 31.5 Å². The van der Waals surface area contributed by atoms with Gasteiger partial charge in [0.25, 0.3) is 0 Å². The largest absolute Gasteiger partial charge is 0.573 e. The normalized spacial score (nSPS) is 19.9. The summed E-state index contributed by atoms with van der Waals surface area (Å²) in [7, 11) is -2.81. The first-order valence-electron chi connectivity index (χ1n) is 11.2. The van der Waals surface area contributed by atoms with Crippen LogP contribution in [0, 0.1) is 0 Å². The molecule has 2 heterocycles. The maximum absolute atomic E-state index is 13.2. The molecule has 1 fully saturated rings. The van der Waals surface area contributed by atoms with Crippen molar-refractivity contribution in [2.75, 3.05) is 12.4 Å². The number of carbonyl (C=O) groups excluding carboxylic acids is 1. The first-order chi connectivity index (χ1) is 17.9. The standard InChI is InChI=1S/C22H23F3N6O6S/c1-26-38(34,35)37-19-9-14(8-18(19)32)29-21-16(10-27-12-28-21)20(33)17-6-7-31(30-17)11-13-2-4-15(5-3-13)36-22(23,24)25/h2-7,10,12,14,18-19,26,32H,8-9,11H2,1H3,(H,27,28,29)/t14-,18+,19-/m1/s1. The Morgan fingerprint density at radius 2 is 1.95 bits per heavy atom. The topological polar surface area (TPSA) is 158 Å². The molecular weight excluding hydrogens is 533 g/mol. The van der Waals surface area contributed by atoms with Crippen molar-refractivity contribution >= 4 is 21.9 Å². The lowest BCUT2D eigenvalue weighted by atomic mass is 10.1. The number of benzene rings is 1. The zero-order valence-electron chi connectivity index (χ0n) is 19.8. The van der Waals surface area contributed by atoms with Crippen molar-refractivity contribution in [2.24, 2.45) is 0 Å². The summed E-state index contributed by atoms with van der Waals surface area (Å²) in [5, 5.41) is 17.5. The highest BCUT2D eigenvalue weighted by molar-refractivity contribution is 7.84. The van der Waals surface area contributed by atoms with Crippen LogP contribution >= 0.6 is 0 Å². The number of ether oxygens (including phenoxy) is 1. The number of nitrogens with one attached hydrogen (secondary N) is 2. The van der Waals surface area contributed by atoms with Gasteiger partial charge in [0.2, 0.25) is 5.78 Å². The fourth-order valence-electron chi connectivity index (χ4n) is 3.91. The number of halogens is 3. The van der Waals surface area contributed by atoms with Gasteiger partial charge >= 0.3 is 16.7 Å². The molecule has 0 aliphatic heterocycles. The van der Waals surface area contributed by atoms with E-state index in [1.807, 2.05) is 4.72 Å². The molecule has 0 amide bonds. The van der Waals surface area contributed by atoms with Gasteiger partial charge in [0, 0.05) is 25.5 Å². The Kier molecular flexibility index (Phi) is 7.96. The molecule has 0 unspecified atom stereocenters. The predicted octanol–water partition coefficient (Wildman–Crippen LogP) is 1.64. The maximum atomic E-state index is 13.2. The van der Waals surface area contributed by atoms with Crippen molar-refractivity contribution in [3.63, 3.8) is 0 Å². The molecule has 12 nitrogen and oxygen atoms in total. The van der Waals surface area contributed by atoms with E-state index in [0.29, 0.717) is 5.56 Å². The lowest BCUT2D eigenvalue weighted by molar-refractivity contribution is -0.274. The van der Waals surface area contributed by atoms with Gasteiger partial charge in [-0.05, 0) is 36.6 Å². The Morgan fingerprint density at radius 1 is 1.21 bits per heavy atom. The van der Waals surface area contributed by atoms with Crippen LogP contribution < -0.4 is 14.8 Å². The van der Waals surface area contributed by atoms with E-state index < -0.39 is 40.7 Å². The summed E-state index contributed by atoms with van der Waals surface area (Å²) in [5.41, 5.74) is 0.810. The molecule has 0 bridgehead atoms. The van der Waals surface area contributed by atoms with Crippen molar-refractivity contribution in [2.45, 2.75) is 44.0 Å². The molecule has 3 aromatic rings. The fourth-order valence-corrected chi connectivity index (χ4v) is 4.53. The highest BCUT2D eigenvalue weighted by Crippen LogP contribution is 2.28. The summed E-state index contributed by atoms with van der Waals surface area (Å²) in [5.74, 6) is -0.669. The molecule has 0 saturated heterocycles. The Labute approximate surface area is 215 Å². The number of rotatable bonds is 10. The number of alkyl halides is 3. The van der Waals surface area contributed by atoms with Gasteiger partial charge in [-0.3, -0.25) is 13.7 Å². The third kappa shape index (κ3) is 7.03. The van der Waals surface area contributed by atoms with E-state index in [-0.39, 0.29) is 42.2 Å². The van der Waals surface area contributed by atoms with Crippen molar-refractivity contribution in [1.82, 2.24) is 24.5 Å². The molecule has 1 saturated carbocycles. The molecule has 3 N–H and O–H groups in total. The van der Waals surface area contributed by atoms with Crippen LogP contribution in [0.25, 0.3) is 0 Å².